The van der Waals surface area contributed by atoms with Gasteiger partial charge in [-0.3, -0.25) is 4.99 Å². The number of aliphatic imine (C=N–C) groups is 1. The average molecular weight is 494 g/mol. The predicted octanol–water partition coefficient (Wildman–Crippen LogP) is 2.05. The quantitative estimate of drug-likeness (QED) is 0.329. The Hall–Kier alpha value is -0.450. The van der Waals surface area contributed by atoms with E-state index in [9.17, 15) is 0 Å². The summed E-state index contributed by atoms with van der Waals surface area (Å²) in [7, 11) is 1.83. The third-order valence-electron chi connectivity index (χ3n) is 4.62. The lowest BCUT2D eigenvalue weighted by atomic mass is 10.1. The highest BCUT2D eigenvalue weighted by molar-refractivity contribution is 14.0. The highest BCUT2D eigenvalue weighted by Gasteiger charge is 2.17. The Labute approximate surface area is 179 Å². The molecule has 6 nitrogen and oxygen atoms in total. The third kappa shape index (κ3) is 8.49. The van der Waals surface area contributed by atoms with Crippen molar-refractivity contribution in [3.05, 3.63) is 16.1 Å². The topological polar surface area (TPSA) is 55.8 Å². The van der Waals surface area contributed by atoms with Crippen LogP contribution in [0.15, 0.2) is 11.2 Å². The monoisotopic (exact) mass is 494 g/mol. The van der Waals surface area contributed by atoms with Crippen molar-refractivity contribution in [1.82, 2.24) is 25.4 Å². The molecule has 150 valence electrons. The molecule has 0 radical (unpaired) electrons. The number of aromatic nitrogens is 1. The van der Waals surface area contributed by atoms with Crippen molar-refractivity contribution in [3.8, 4) is 0 Å². The Balaban J connectivity index is 0.00000338. The first-order chi connectivity index (χ1) is 12.1. The van der Waals surface area contributed by atoms with E-state index in [-0.39, 0.29) is 24.0 Å². The van der Waals surface area contributed by atoms with Crippen LogP contribution in [0, 0.1) is 12.8 Å². The van der Waals surface area contributed by atoms with Gasteiger partial charge in [0.05, 0.1) is 5.01 Å². The number of nitrogens with one attached hydrogen (secondary N) is 2. The van der Waals surface area contributed by atoms with Crippen molar-refractivity contribution in [3.63, 3.8) is 0 Å². The minimum absolute atomic E-state index is 0. The molecule has 2 N–H and O–H groups in total. The molecule has 0 bridgehead atoms. The van der Waals surface area contributed by atoms with Gasteiger partial charge in [-0.15, -0.1) is 35.3 Å². The predicted molar refractivity (Wildman–Crippen MR) is 123 cm³/mol. The van der Waals surface area contributed by atoms with Gasteiger partial charge in [0.1, 0.15) is 0 Å². The number of nitrogens with zero attached hydrogens (tertiary/aromatic N) is 4. The molecule has 2 heterocycles. The smallest absolute Gasteiger partial charge is 0.190 e. The van der Waals surface area contributed by atoms with Gasteiger partial charge in [0.15, 0.2) is 5.96 Å². The van der Waals surface area contributed by atoms with Gasteiger partial charge in [0.2, 0.25) is 0 Å². The molecule has 1 saturated heterocycles. The van der Waals surface area contributed by atoms with Gasteiger partial charge in [-0.05, 0) is 19.4 Å². The summed E-state index contributed by atoms with van der Waals surface area (Å²) in [6.07, 6.45) is 2.88. The Morgan fingerprint density at radius 2 is 1.96 bits per heavy atom. The van der Waals surface area contributed by atoms with Gasteiger partial charge in [0, 0.05) is 70.4 Å². The van der Waals surface area contributed by atoms with Crippen molar-refractivity contribution in [2.75, 3.05) is 59.4 Å². The largest absolute Gasteiger partial charge is 0.356 e. The number of guanidine groups is 1. The lowest BCUT2D eigenvalue weighted by Crippen LogP contribution is -2.48. The summed E-state index contributed by atoms with van der Waals surface area (Å²) in [5.74, 6) is 1.49. The van der Waals surface area contributed by atoms with Gasteiger partial charge in [0.25, 0.3) is 0 Å². The SMILES string of the molecule is CCN1CCN(CC(C)CNC(=NC)NCCc2ncc(C)s2)CC1.I. The molecule has 0 aromatic carbocycles. The fourth-order valence-corrected chi connectivity index (χ4v) is 3.88. The number of piperazine rings is 1. The summed E-state index contributed by atoms with van der Waals surface area (Å²) < 4.78 is 0. The molecule has 1 atom stereocenters. The second kappa shape index (κ2) is 12.9. The van der Waals surface area contributed by atoms with E-state index in [0.29, 0.717) is 5.92 Å². The zero-order valence-electron chi connectivity index (χ0n) is 16.6. The van der Waals surface area contributed by atoms with E-state index in [0.717, 1.165) is 32.0 Å². The molecular formula is C18H35IN6S. The van der Waals surface area contributed by atoms with Crippen LogP contribution in [0.3, 0.4) is 0 Å². The van der Waals surface area contributed by atoms with Crippen LogP contribution in [0.5, 0.6) is 0 Å². The van der Waals surface area contributed by atoms with Crippen molar-refractivity contribution in [1.29, 1.82) is 0 Å². The van der Waals surface area contributed by atoms with Gasteiger partial charge < -0.3 is 20.4 Å². The molecule has 1 aromatic rings. The van der Waals surface area contributed by atoms with E-state index in [4.69, 9.17) is 0 Å². The average Bonchev–Trinajstić information content (AvgIpc) is 3.03. The molecule has 26 heavy (non-hydrogen) atoms. The summed E-state index contributed by atoms with van der Waals surface area (Å²) in [5, 5.41) is 8.02. The molecule has 0 aliphatic carbocycles. The highest BCUT2D eigenvalue weighted by Crippen LogP contribution is 2.10. The lowest BCUT2D eigenvalue weighted by molar-refractivity contribution is 0.124. The number of aryl methyl sites for hydroxylation is 1. The first kappa shape index (κ1) is 23.6. The Kier molecular flexibility index (Phi) is 11.7. The van der Waals surface area contributed by atoms with Crippen molar-refractivity contribution < 1.29 is 0 Å². The molecule has 0 saturated carbocycles. The zero-order chi connectivity index (χ0) is 18.1. The van der Waals surface area contributed by atoms with Crippen LogP contribution in [0.2, 0.25) is 0 Å². The lowest BCUT2D eigenvalue weighted by Gasteiger charge is -2.35. The molecule has 1 aliphatic heterocycles. The first-order valence-corrected chi connectivity index (χ1v) is 10.2. The Morgan fingerprint density at radius 3 is 2.54 bits per heavy atom. The minimum atomic E-state index is 0. The van der Waals surface area contributed by atoms with Crippen LogP contribution in [-0.2, 0) is 6.42 Å². The van der Waals surface area contributed by atoms with E-state index >= 15 is 0 Å². The van der Waals surface area contributed by atoms with Crippen LogP contribution in [-0.4, -0.2) is 80.1 Å². The summed E-state index contributed by atoms with van der Waals surface area (Å²) in [6.45, 7) is 15.6. The Morgan fingerprint density at radius 1 is 1.27 bits per heavy atom. The molecular weight excluding hydrogens is 459 g/mol. The number of hydrogen-bond acceptors (Lipinski definition) is 5. The minimum Gasteiger partial charge on any atom is -0.356 e. The summed E-state index contributed by atoms with van der Waals surface area (Å²) in [4.78, 5) is 15.1. The van der Waals surface area contributed by atoms with E-state index < -0.39 is 0 Å². The first-order valence-electron chi connectivity index (χ1n) is 9.41. The maximum Gasteiger partial charge on any atom is 0.190 e. The molecule has 8 heteroatoms. The fourth-order valence-electron chi connectivity index (χ4n) is 3.09. The summed E-state index contributed by atoms with van der Waals surface area (Å²) in [6, 6.07) is 0. The van der Waals surface area contributed by atoms with Crippen LogP contribution < -0.4 is 10.6 Å². The van der Waals surface area contributed by atoms with Crippen molar-refractivity contribution >= 4 is 41.3 Å². The van der Waals surface area contributed by atoms with E-state index in [2.05, 4.69) is 51.2 Å². The number of rotatable bonds is 8. The highest BCUT2D eigenvalue weighted by atomic mass is 127. The molecule has 1 aromatic heterocycles. The fraction of sp³-hybridized carbons (Fsp3) is 0.778. The number of hydrogen-bond donors (Lipinski definition) is 2. The summed E-state index contributed by atoms with van der Waals surface area (Å²) in [5.41, 5.74) is 0. The standard InChI is InChI=1S/C18H34N6S.HI/c1-5-23-8-10-24(11-9-23)14-15(2)12-22-18(19-4)20-7-6-17-21-13-16(3)25-17;/h13,15H,5-12,14H2,1-4H3,(H2,19,20,22);1H. The summed E-state index contributed by atoms with van der Waals surface area (Å²) >= 11 is 1.77. The molecule has 0 amide bonds. The third-order valence-corrected chi connectivity index (χ3v) is 5.60. The van der Waals surface area contributed by atoms with Gasteiger partial charge >= 0.3 is 0 Å². The van der Waals surface area contributed by atoms with Crippen molar-refractivity contribution in [2.45, 2.75) is 27.2 Å². The molecule has 0 spiro atoms. The number of thiazole rings is 1. The number of halogens is 1. The molecule has 1 fully saturated rings. The van der Waals surface area contributed by atoms with Crippen LogP contribution in [0.1, 0.15) is 23.7 Å². The number of likely N-dealkylation sites (N-methyl/N-ethyl adjacent to an activating group) is 1. The van der Waals surface area contributed by atoms with E-state index in [1.807, 2.05) is 13.2 Å². The zero-order valence-corrected chi connectivity index (χ0v) is 19.8. The van der Waals surface area contributed by atoms with Crippen LogP contribution >= 0.6 is 35.3 Å². The molecule has 2 rings (SSSR count). The van der Waals surface area contributed by atoms with Gasteiger partial charge in [-0.2, -0.15) is 0 Å². The molecule has 1 unspecified atom stereocenters. The van der Waals surface area contributed by atoms with Gasteiger partial charge in [-0.25, -0.2) is 4.98 Å². The van der Waals surface area contributed by atoms with Gasteiger partial charge in [-0.1, -0.05) is 13.8 Å². The normalized spacial score (nSPS) is 17.6. The second-order valence-electron chi connectivity index (χ2n) is 6.83. The van der Waals surface area contributed by atoms with Crippen LogP contribution in [0.25, 0.3) is 0 Å². The van der Waals surface area contributed by atoms with Crippen molar-refractivity contribution in [2.24, 2.45) is 10.9 Å². The second-order valence-corrected chi connectivity index (χ2v) is 8.15. The molecule has 1 aliphatic rings. The Bertz CT molecular complexity index is 528. The van der Waals surface area contributed by atoms with E-state index in [1.54, 1.807) is 11.3 Å². The van der Waals surface area contributed by atoms with E-state index in [1.165, 1.54) is 42.6 Å². The maximum atomic E-state index is 4.40. The maximum absolute atomic E-state index is 4.40. The van der Waals surface area contributed by atoms with Crippen LogP contribution in [0.4, 0.5) is 0 Å².